The van der Waals surface area contributed by atoms with Gasteiger partial charge in [-0.2, -0.15) is 0 Å². The highest BCUT2D eigenvalue weighted by Gasteiger charge is 2.46. The number of imide groups is 2. The van der Waals surface area contributed by atoms with Gasteiger partial charge in [0.15, 0.2) is 12.4 Å². The topological polar surface area (TPSA) is 278 Å². The van der Waals surface area contributed by atoms with Crippen LogP contribution in [0.2, 0.25) is 0 Å². The molecule has 0 aliphatic carbocycles. The van der Waals surface area contributed by atoms with Crippen molar-refractivity contribution in [1.29, 1.82) is 0 Å². The van der Waals surface area contributed by atoms with Crippen molar-refractivity contribution in [2.75, 3.05) is 33.3 Å². The number of ketones is 1. The Morgan fingerprint density at radius 1 is 1.04 bits per heavy atom. The van der Waals surface area contributed by atoms with Crippen molar-refractivity contribution in [3.63, 3.8) is 0 Å². The molecular formula is C31H31N7O11. The third-order valence-corrected chi connectivity index (χ3v) is 7.43. The number of carbonyl (C=O) groups is 9. The van der Waals surface area contributed by atoms with Gasteiger partial charge in [0.1, 0.15) is 23.2 Å². The molecule has 8 amide bonds. The number of hydrogen-bond donors (Lipinski definition) is 6. The lowest BCUT2D eigenvalue weighted by Gasteiger charge is -2.27. The van der Waals surface area contributed by atoms with Crippen molar-refractivity contribution in [2.45, 2.75) is 18.9 Å². The molecule has 4 rings (SSSR count). The molecule has 2 aliphatic heterocycles. The van der Waals surface area contributed by atoms with E-state index < -0.39 is 83.7 Å². The first-order valence-corrected chi connectivity index (χ1v) is 14.6. The second-order valence-electron chi connectivity index (χ2n) is 10.8. The number of carbonyl (C=O) groups excluding carboxylic acids is 9. The Morgan fingerprint density at radius 3 is 2.45 bits per heavy atom. The molecule has 18 heteroatoms. The molecule has 0 aromatic heterocycles. The second kappa shape index (κ2) is 14.9. The SMILES string of the molecule is CN(CCNC(=O)CNC(=O)COc1cccc2c1C(=O)N(C1CCC(=O)NC1=O)C2=O)C(=O)c1ccc(C(=O)C=C(N)C(N)=O)cc1O. The van der Waals surface area contributed by atoms with Crippen LogP contribution in [-0.4, -0.2) is 107 Å². The van der Waals surface area contributed by atoms with Crippen molar-refractivity contribution in [3.05, 3.63) is 70.4 Å². The summed E-state index contributed by atoms with van der Waals surface area (Å²) in [6, 6.07) is 6.48. The minimum atomic E-state index is -1.17. The minimum Gasteiger partial charge on any atom is -0.507 e. The smallest absolute Gasteiger partial charge is 0.266 e. The molecule has 49 heavy (non-hydrogen) atoms. The number of ether oxygens (including phenoxy) is 1. The van der Waals surface area contributed by atoms with Crippen molar-refractivity contribution >= 4 is 53.0 Å². The maximum absolute atomic E-state index is 13.1. The summed E-state index contributed by atoms with van der Waals surface area (Å²) in [6.45, 7) is -1.11. The summed E-state index contributed by atoms with van der Waals surface area (Å²) in [7, 11) is 1.41. The Labute approximate surface area is 277 Å². The first kappa shape index (κ1) is 35.3. The maximum Gasteiger partial charge on any atom is 0.266 e. The van der Waals surface area contributed by atoms with E-state index in [0.29, 0.717) is 0 Å². The number of nitrogens with one attached hydrogen (secondary N) is 3. The van der Waals surface area contributed by atoms with Crippen molar-refractivity contribution < 1.29 is 53.0 Å². The van der Waals surface area contributed by atoms with Crippen LogP contribution in [-0.2, 0) is 24.0 Å². The first-order valence-electron chi connectivity index (χ1n) is 14.6. The highest BCUT2D eigenvalue weighted by molar-refractivity contribution is 6.24. The zero-order chi connectivity index (χ0) is 36.0. The summed E-state index contributed by atoms with van der Waals surface area (Å²) in [6.07, 6.45) is 0.722. The van der Waals surface area contributed by atoms with E-state index in [1.165, 1.54) is 42.3 Å². The van der Waals surface area contributed by atoms with Crippen LogP contribution in [0.3, 0.4) is 0 Å². The number of hydrogen-bond acceptors (Lipinski definition) is 12. The third kappa shape index (κ3) is 8.05. The molecule has 2 aromatic rings. The molecule has 256 valence electrons. The van der Waals surface area contributed by atoms with Gasteiger partial charge in [-0.25, -0.2) is 0 Å². The van der Waals surface area contributed by atoms with Crippen LogP contribution in [0.25, 0.3) is 0 Å². The van der Waals surface area contributed by atoms with Crippen LogP contribution < -0.4 is 32.2 Å². The van der Waals surface area contributed by atoms with Gasteiger partial charge in [0.25, 0.3) is 29.5 Å². The fourth-order valence-electron chi connectivity index (χ4n) is 4.87. The highest BCUT2D eigenvalue weighted by atomic mass is 16.5. The average molecular weight is 678 g/mol. The van der Waals surface area contributed by atoms with Gasteiger partial charge in [0, 0.05) is 38.2 Å². The van der Waals surface area contributed by atoms with Gasteiger partial charge in [-0.05, 0) is 36.8 Å². The summed E-state index contributed by atoms with van der Waals surface area (Å²) >= 11 is 0. The molecular weight excluding hydrogens is 646 g/mol. The lowest BCUT2D eigenvalue weighted by atomic mass is 10.0. The fraction of sp³-hybridized carbons (Fsp3) is 0.258. The Kier molecular flexibility index (Phi) is 10.7. The molecule has 2 heterocycles. The third-order valence-electron chi connectivity index (χ3n) is 7.43. The van der Waals surface area contributed by atoms with E-state index in [2.05, 4.69) is 16.0 Å². The van der Waals surface area contributed by atoms with E-state index in [1.54, 1.807) is 0 Å². The van der Waals surface area contributed by atoms with E-state index >= 15 is 0 Å². The number of benzene rings is 2. The standard InChI is InChI=1S/C31H31N7O11/c1-37(29(46)16-6-5-15(11-21(16)40)20(39)12-18(32)27(33)44)10-9-34-24(42)13-35-25(43)14-49-22-4-2-3-17-26(22)31(48)38(30(17)47)19-7-8-23(41)36-28(19)45/h2-6,11-12,19,40H,7-10,13-14,32H2,1H3,(H2,33,44)(H,34,42)(H,35,43)(H,36,41,45). The quantitative estimate of drug-likeness (QED) is 0.0741. The number of likely N-dealkylation sites (N-methyl/N-ethyl adjacent to an activating group) is 1. The molecule has 1 saturated heterocycles. The lowest BCUT2D eigenvalue weighted by molar-refractivity contribution is -0.136. The molecule has 2 aliphatic rings. The number of primary amides is 1. The summed E-state index contributed by atoms with van der Waals surface area (Å²) in [5.41, 5.74) is 9.51. The number of aromatic hydroxyl groups is 1. The molecule has 0 saturated carbocycles. The largest absolute Gasteiger partial charge is 0.507 e. The van der Waals surface area contributed by atoms with Crippen molar-refractivity contribution in [2.24, 2.45) is 11.5 Å². The molecule has 18 nitrogen and oxygen atoms in total. The van der Waals surface area contributed by atoms with Crippen LogP contribution in [0.1, 0.15) is 54.3 Å². The number of amides is 8. The number of allylic oxidation sites excluding steroid dienone is 1. The van der Waals surface area contributed by atoms with E-state index in [-0.39, 0.29) is 53.9 Å². The van der Waals surface area contributed by atoms with Crippen LogP contribution in [0.5, 0.6) is 11.5 Å². The second-order valence-corrected chi connectivity index (χ2v) is 10.8. The molecule has 1 unspecified atom stereocenters. The molecule has 0 bridgehead atoms. The van der Waals surface area contributed by atoms with E-state index in [4.69, 9.17) is 16.2 Å². The molecule has 1 atom stereocenters. The number of phenols is 1. The average Bonchev–Trinajstić information content (AvgIpc) is 3.31. The number of piperidine rings is 1. The van der Waals surface area contributed by atoms with Gasteiger partial charge in [-0.1, -0.05) is 6.07 Å². The highest BCUT2D eigenvalue weighted by Crippen LogP contribution is 2.33. The number of nitrogens with zero attached hydrogens (tertiary/aromatic N) is 2. The van der Waals surface area contributed by atoms with Gasteiger partial charge >= 0.3 is 0 Å². The monoisotopic (exact) mass is 677 g/mol. The van der Waals surface area contributed by atoms with Crippen molar-refractivity contribution in [3.8, 4) is 11.5 Å². The molecule has 0 spiro atoms. The van der Waals surface area contributed by atoms with Crippen LogP contribution >= 0.6 is 0 Å². The van der Waals surface area contributed by atoms with E-state index in [9.17, 15) is 48.3 Å². The van der Waals surface area contributed by atoms with E-state index in [0.717, 1.165) is 17.0 Å². The fourth-order valence-corrected chi connectivity index (χ4v) is 4.87. The summed E-state index contributed by atoms with van der Waals surface area (Å²) in [4.78, 5) is 112. The van der Waals surface area contributed by atoms with Gasteiger partial charge in [-0.3, -0.25) is 53.4 Å². The Morgan fingerprint density at radius 2 is 1.78 bits per heavy atom. The molecule has 0 radical (unpaired) electrons. The summed E-state index contributed by atoms with van der Waals surface area (Å²) in [5, 5.41) is 17.2. The number of fused-ring (bicyclic) bond motifs is 1. The van der Waals surface area contributed by atoms with Gasteiger partial charge in [-0.15, -0.1) is 0 Å². The zero-order valence-corrected chi connectivity index (χ0v) is 25.9. The van der Waals surface area contributed by atoms with Gasteiger partial charge in [0.2, 0.25) is 17.7 Å². The van der Waals surface area contributed by atoms with Crippen molar-refractivity contribution in [1.82, 2.24) is 25.8 Å². The Balaban J connectivity index is 1.22. The lowest BCUT2D eigenvalue weighted by Crippen LogP contribution is -2.54. The Hall–Kier alpha value is -6.59. The first-order chi connectivity index (χ1) is 23.2. The van der Waals surface area contributed by atoms with Crippen LogP contribution in [0.15, 0.2) is 48.2 Å². The molecule has 1 fully saturated rings. The zero-order valence-electron chi connectivity index (χ0n) is 25.9. The predicted molar refractivity (Wildman–Crippen MR) is 165 cm³/mol. The minimum absolute atomic E-state index is 0.00133. The predicted octanol–water partition coefficient (Wildman–Crippen LogP) is -2.31. The van der Waals surface area contributed by atoms with Crippen LogP contribution in [0, 0.1) is 0 Å². The molecule has 2 aromatic carbocycles. The summed E-state index contributed by atoms with van der Waals surface area (Å²) in [5.74, 6) is -7.11. The normalized spacial score (nSPS) is 15.7. The van der Waals surface area contributed by atoms with Gasteiger partial charge in [0.05, 0.1) is 23.2 Å². The van der Waals surface area contributed by atoms with Crippen LogP contribution in [0.4, 0.5) is 0 Å². The summed E-state index contributed by atoms with van der Waals surface area (Å²) < 4.78 is 5.47. The van der Waals surface area contributed by atoms with E-state index in [1.807, 2.05) is 0 Å². The maximum atomic E-state index is 13.1. The molecule has 8 N–H and O–H groups in total. The number of nitrogens with two attached hydrogens (primary N) is 2. The number of rotatable bonds is 13. The Bertz CT molecular complexity index is 1820. The number of phenolic OH excluding ortho intramolecular Hbond substituents is 1. The van der Waals surface area contributed by atoms with Gasteiger partial charge < -0.3 is 36.8 Å².